The molecule has 3 nitrogen and oxygen atoms in total. The van der Waals surface area contributed by atoms with E-state index in [0.29, 0.717) is 17.4 Å². The number of Topliss-reactive ketones (excluding diaryl/α,β-unsaturated/α-hetero) is 2. The molecule has 0 saturated heterocycles. The Kier molecular flexibility index (Phi) is 4.19. The third-order valence-corrected chi connectivity index (χ3v) is 6.93. The van der Waals surface area contributed by atoms with Crippen molar-refractivity contribution in [3.8, 4) is 11.1 Å². The molecule has 0 bridgehead atoms. The first-order valence-electron chi connectivity index (χ1n) is 10.3. The highest BCUT2D eigenvalue weighted by atomic mass is 16.3. The van der Waals surface area contributed by atoms with E-state index in [2.05, 4.69) is 12.2 Å². The summed E-state index contributed by atoms with van der Waals surface area (Å²) in [5.74, 6) is -0.976. The molecule has 5 rings (SSSR count). The number of fused-ring (bicyclic) bond motifs is 2. The predicted molar refractivity (Wildman–Crippen MR) is 109 cm³/mol. The molecule has 0 radical (unpaired) electrons. The van der Waals surface area contributed by atoms with Crippen LogP contribution in [0.1, 0.15) is 37.7 Å². The standard InChI is InChI=1S/C25H24O3/c26-23-21(19-13-11-15-7-3-1-5-9-17(15)19)24(27)25(28)22(23)20-14-12-16-8-4-2-6-10-18(16)20/h1,3,5,7,9,11-14,16,18,20,22,27H,2,4,6,8,10H2. The highest BCUT2D eigenvalue weighted by molar-refractivity contribution is 6.39. The molecule has 0 aromatic heterocycles. The van der Waals surface area contributed by atoms with Crippen molar-refractivity contribution in [3.05, 3.63) is 65.9 Å². The Morgan fingerprint density at radius 1 is 0.786 bits per heavy atom. The van der Waals surface area contributed by atoms with Crippen molar-refractivity contribution >= 4 is 17.1 Å². The third-order valence-electron chi connectivity index (χ3n) is 6.93. The van der Waals surface area contributed by atoms with E-state index in [1.54, 1.807) is 0 Å². The molecule has 3 heteroatoms. The predicted octanol–water partition coefficient (Wildman–Crippen LogP) is 5.21. The van der Waals surface area contributed by atoms with Gasteiger partial charge in [-0.15, -0.1) is 0 Å². The molecule has 5 aliphatic rings. The Morgan fingerprint density at radius 3 is 2.50 bits per heavy atom. The molecule has 142 valence electrons. The van der Waals surface area contributed by atoms with Crippen molar-refractivity contribution < 1.29 is 14.7 Å². The van der Waals surface area contributed by atoms with Gasteiger partial charge in [0.15, 0.2) is 11.5 Å². The summed E-state index contributed by atoms with van der Waals surface area (Å²) in [6.45, 7) is 0. The van der Waals surface area contributed by atoms with Crippen molar-refractivity contribution in [2.24, 2.45) is 23.7 Å². The second-order valence-corrected chi connectivity index (χ2v) is 8.38. The fourth-order valence-electron chi connectivity index (χ4n) is 5.56. The summed E-state index contributed by atoms with van der Waals surface area (Å²) in [4.78, 5) is 26.4. The summed E-state index contributed by atoms with van der Waals surface area (Å²) in [5, 5.41) is 10.7. The maximum Gasteiger partial charge on any atom is 0.209 e. The summed E-state index contributed by atoms with van der Waals surface area (Å²) in [7, 11) is 0. The summed E-state index contributed by atoms with van der Waals surface area (Å²) in [6.07, 6.45) is 10.1. The van der Waals surface area contributed by atoms with Crippen LogP contribution in [0.4, 0.5) is 0 Å². The maximum atomic E-state index is 13.4. The van der Waals surface area contributed by atoms with Crippen LogP contribution >= 0.6 is 0 Å². The van der Waals surface area contributed by atoms with Crippen LogP contribution in [0.3, 0.4) is 0 Å². The number of hydrogen-bond donors (Lipinski definition) is 1. The van der Waals surface area contributed by atoms with Crippen molar-refractivity contribution in [3.63, 3.8) is 0 Å². The number of rotatable bonds is 2. The van der Waals surface area contributed by atoms with E-state index in [1.165, 1.54) is 12.8 Å². The minimum Gasteiger partial charge on any atom is -0.504 e. The molecule has 1 N–H and O–H groups in total. The van der Waals surface area contributed by atoms with Gasteiger partial charge in [0, 0.05) is 0 Å². The molecule has 4 unspecified atom stereocenters. The lowest BCUT2D eigenvalue weighted by Crippen LogP contribution is -2.31. The highest BCUT2D eigenvalue weighted by Gasteiger charge is 2.50. The molecule has 0 spiro atoms. The molecular formula is C25H24O3. The molecule has 0 aromatic carbocycles. The van der Waals surface area contributed by atoms with E-state index >= 15 is 0 Å². The summed E-state index contributed by atoms with van der Waals surface area (Å²) in [6, 6.07) is 13.5. The molecule has 1 saturated carbocycles. The van der Waals surface area contributed by atoms with Crippen molar-refractivity contribution in [2.75, 3.05) is 0 Å². The zero-order valence-electron chi connectivity index (χ0n) is 15.8. The molecule has 0 amide bonds. The highest BCUT2D eigenvalue weighted by Crippen LogP contribution is 2.48. The number of ketones is 2. The van der Waals surface area contributed by atoms with E-state index < -0.39 is 11.7 Å². The second kappa shape index (κ2) is 6.73. The zero-order valence-corrected chi connectivity index (χ0v) is 15.8. The number of carbonyl (C=O) groups is 2. The molecule has 1 fully saturated rings. The molecule has 28 heavy (non-hydrogen) atoms. The molecule has 4 atom stereocenters. The van der Waals surface area contributed by atoms with Crippen LogP contribution in [0.2, 0.25) is 0 Å². The molecular weight excluding hydrogens is 348 g/mol. The number of allylic oxidation sites excluding steroid dienone is 4. The lowest BCUT2D eigenvalue weighted by Gasteiger charge is -2.26. The summed E-state index contributed by atoms with van der Waals surface area (Å²) in [5.41, 5.74) is 2.77. The van der Waals surface area contributed by atoms with Crippen LogP contribution in [0.25, 0.3) is 16.7 Å². The van der Waals surface area contributed by atoms with Gasteiger partial charge in [0.05, 0.1) is 11.5 Å². The number of hydrogen-bond acceptors (Lipinski definition) is 3. The van der Waals surface area contributed by atoms with Gasteiger partial charge in [-0.2, -0.15) is 0 Å². The minimum absolute atomic E-state index is 0.0833. The first kappa shape index (κ1) is 17.4. The molecule has 0 aliphatic heterocycles. The maximum absolute atomic E-state index is 13.4. The van der Waals surface area contributed by atoms with Gasteiger partial charge in [0.2, 0.25) is 5.78 Å². The largest absolute Gasteiger partial charge is 0.504 e. The van der Waals surface area contributed by atoms with E-state index in [-0.39, 0.29) is 23.0 Å². The van der Waals surface area contributed by atoms with Gasteiger partial charge in [-0.1, -0.05) is 73.9 Å². The summed E-state index contributed by atoms with van der Waals surface area (Å²) >= 11 is 0. The number of aliphatic hydroxyl groups excluding tert-OH is 1. The Balaban J connectivity index is 1.52. The van der Waals surface area contributed by atoms with Crippen LogP contribution in [-0.2, 0) is 9.59 Å². The van der Waals surface area contributed by atoms with Gasteiger partial charge in [0.25, 0.3) is 0 Å². The van der Waals surface area contributed by atoms with Crippen molar-refractivity contribution in [2.45, 2.75) is 32.1 Å². The quantitative estimate of drug-likeness (QED) is 0.581. The van der Waals surface area contributed by atoms with Crippen LogP contribution in [0.15, 0.2) is 60.4 Å². The van der Waals surface area contributed by atoms with Crippen LogP contribution in [-0.4, -0.2) is 16.7 Å². The topological polar surface area (TPSA) is 54.4 Å². The average molecular weight is 372 g/mol. The Morgan fingerprint density at radius 2 is 1.61 bits per heavy atom. The van der Waals surface area contributed by atoms with Crippen LogP contribution in [0, 0.1) is 23.7 Å². The van der Waals surface area contributed by atoms with Gasteiger partial charge in [0.1, 0.15) is 0 Å². The third kappa shape index (κ3) is 2.56. The van der Waals surface area contributed by atoms with Crippen molar-refractivity contribution in [1.29, 1.82) is 0 Å². The molecule has 0 heterocycles. The lowest BCUT2D eigenvalue weighted by molar-refractivity contribution is -0.129. The SMILES string of the molecule is O=C1C(O)=C(c2ccc3cccccc2-3)C(=O)C1C1C=CC2CCCCCC21. The van der Waals surface area contributed by atoms with Crippen LogP contribution in [0.5, 0.6) is 0 Å². The second-order valence-electron chi connectivity index (χ2n) is 8.38. The van der Waals surface area contributed by atoms with Gasteiger partial charge in [-0.25, -0.2) is 0 Å². The lowest BCUT2D eigenvalue weighted by atomic mass is 9.75. The van der Waals surface area contributed by atoms with Crippen LogP contribution < -0.4 is 0 Å². The van der Waals surface area contributed by atoms with Gasteiger partial charge in [-0.3, -0.25) is 9.59 Å². The fraction of sp³-hybridized carbons (Fsp3) is 0.360. The minimum atomic E-state index is -0.762. The Labute approximate surface area is 165 Å². The monoisotopic (exact) mass is 372 g/mol. The molecule has 0 aromatic rings. The first-order valence-corrected chi connectivity index (χ1v) is 10.3. The van der Waals surface area contributed by atoms with E-state index in [9.17, 15) is 14.7 Å². The van der Waals surface area contributed by atoms with Gasteiger partial charge >= 0.3 is 0 Å². The van der Waals surface area contributed by atoms with E-state index in [4.69, 9.17) is 0 Å². The smallest absolute Gasteiger partial charge is 0.209 e. The number of aliphatic hydroxyl groups is 1. The van der Waals surface area contributed by atoms with Crippen molar-refractivity contribution in [1.82, 2.24) is 0 Å². The average Bonchev–Trinajstić information content (AvgIpc) is 3.16. The normalized spacial score (nSPS) is 30.1. The first-order chi connectivity index (χ1) is 13.7. The zero-order chi connectivity index (χ0) is 19.3. The van der Waals surface area contributed by atoms with Gasteiger partial charge < -0.3 is 5.11 Å². The fourth-order valence-corrected chi connectivity index (χ4v) is 5.56. The summed E-state index contributed by atoms with van der Waals surface area (Å²) < 4.78 is 0. The van der Waals surface area contributed by atoms with E-state index in [1.807, 2.05) is 42.5 Å². The van der Waals surface area contributed by atoms with Gasteiger partial charge in [-0.05, 0) is 47.3 Å². The molecule has 5 aliphatic carbocycles. The van der Waals surface area contributed by atoms with E-state index in [0.717, 1.165) is 30.4 Å². The Hall–Kier alpha value is -2.68. The number of carbonyl (C=O) groups excluding carboxylic acids is 2. The Bertz CT molecular complexity index is 983.